The van der Waals surface area contributed by atoms with Crippen molar-refractivity contribution in [3.05, 3.63) is 24.3 Å². The molecule has 1 fully saturated rings. The number of carbonyl (C=O) groups is 3. The van der Waals surface area contributed by atoms with E-state index in [0.717, 1.165) is 4.31 Å². The summed E-state index contributed by atoms with van der Waals surface area (Å²) in [4.78, 5) is 39.3. The highest BCUT2D eigenvalue weighted by atomic mass is 32.2. The van der Waals surface area contributed by atoms with Crippen LogP contribution in [-0.2, 0) is 24.3 Å². The Bertz CT molecular complexity index is 1090. The van der Waals surface area contributed by atoms with Gasteiger partial charge in [0.15, 0.2) is 0 Å². The summed E-state index contributed by atoms with van der Waals surface area (Å²) in [6, 6.07) is 4.54. The smallest absolute Gasteiger partial charge is 0.407 e. The Morgan fingerprint density at radius 2 is 1.73 bits per heavy atom. The molecule has 1 aliphatic rings. The molecule has 1 atom stereocenters. The number of methoxy groups -OCH3 is 1. The van der Waals surface area contributed by atoms with Crippen LogP contribution in [0, 0.1) is 11.8 Å². The fraction of sp³-hybridized carbons (Fsp3) is 0.667. The van der Waals surface area contributed by atoms with Gasteiger partial charge in [-0.2, -0.15) is 4.31 Å². The quantitative estimate of drug-likeness (QED) is 0.250. The fourth-order valence-corrected chi connectivity index (χ4v) is 6.09. The first-order valence-corrected chi connectivity index (χ1v) is 15.0. The average molecular weight is 585 g/mol. The summed E-state index contributed by atoms with van der Waals surface area (Å²) in [7, 11) is -2.74. The largest absolute Gasteiger partial charge is 0.497 e. The van der Waals surface area contributed by atoms with Gasteiger partial charge in [-0.1, -0.05) is 13.8 Å². The Labute approximate surface area is 237 Å². The number of alkyl carbamates (subject to hydrolysis) is 1. The van der Waals surface area contributed by atoms with E-state index in [2.05, 4.69) is 5.32 Å². The molecule has 0 saturated carbocycles. The lowest BCUT2D eigenvalue weighted by Crippen LogP contribution is -2.51. The van der Waals surface area contributed by atoms with Gasteiger partial charge in [-0.3, -0.25) is 14.8 Å². The highest BCUT2D eigenvalue weighted by molar-refractivity contribution is 7.89. The maximum atomic E-state index is 13.7. The van der Waals surface area contributed by atoms with Crippen molar-refractivity contribution in [2.45, 2.75) is 76.8 Å². The van der Waals surface area contributed by atoms with E-state index >= 15 is 0 Å². The van der Waals surface area contributed by atoms with Crippen LogP contribution in [0.3, 0.4) is 0 Å². The number of likely N-dealkylation sites (tertiary alicyclic amines) is 1. The first kappa shape index (κ1) is 33.3. The van der Waals surface area contributed by atoms with Gasteiger partial charge in [0.05, 0.1) is 12.0 Å². The Hall–Kier alpha value is -2.90. The van der Waals surface area contributed by atoms with Crippen LogP contribution < -0.4 is 15.5 Å². The van der Waals surface area contributed by atoms with E-state index in [1.165, 1.54) is 31.4 Å². The maximum Gasteiger partial charge on any atom is 0.407 e. The molecule has 0 radical (unpaired) electrons. The molecule has 3 amide bonds. The molecule has 1 unspecified atom stereocenters. The Kier molecular flexibility index (Phi) is 12.2. The second kappa shape index (κ2) is 14.6. The summed E-state index contributed by atoms with van der Waals surface area (Å²) >= 11 is 0. The van der Waals surface area contributed by atoms with E-state index in [4.69, 9.17) is 9.47 Å². The van der Waals surface area contributed by atoms with Crippen LogP contribution in [0.1, 0.15) is 60.3 Å². The van der Waals surface area contributed by atoms with Gasteiger partial charge in [-0.15, -0.1) is 0 Å². The lowest BCUT2D eigenvalue weighted by atomic mass is 9.96. The molecule has 0 aliphatic carbocycles. The number of piperidine rings is 1. The third-order valence-electron chi connectivity index (χ3n) is 6.57. The number of ether oxygens (including phenoxy) is 2. The highest BCUT2D eigenvalue weighted by Crippen LogP contribution is 2.25. The van der Waals surface area contributed by atoms with Gasteiger partial charge < -0.3 is 19.7 Å². The summed E-state index contributed by atoms with van der Waals surface area (Å²) in [5.74, 6) is -0.512. The minimum absolute atomic E-state index is 0.0569. The average Bonchev–Trinajstić information content (AvgIpc) is 2.89. The van der Waals surface area contributed by atoms with Crippen molar-refractivity contribution in [3.8, 4) is 5.75 Å². The Balaban J connectivity index is 2.10. The molecule has 3 N–H and O–H groups in total. The van der Waals surface area contributed by atoms with Crippen molar-refractivity contribution in [1.82, 2.24) is 20.0 Å². The van der Waals surface area contributed by atoms with Crippen molar-refractivity contribution in [2.75, 3.05) is 33.3 Å². The van der Waals surface area contributed by atoms with Crippen molar-refractivity contribution in [2.24, 2.45) is 11.8 Å². The summed E-state index contributed by atoms with van der Waals surface area (Å²) in [5.41, 5.74) is 0.999. The lowest BCUT2D eigenvalue weighted by Gasteiger charge is -2.34. The molecule has 0 spiro atoms. The van der Waals surface area contributed by atoms with Gasteiger partial charge in [0, 0.05) is 32.6 Å². The number of hydroxylamine groups is 1. The maximum absolute atomic E-state index is 13.7. The van der Waals surface area contributed by atoms with Crippen LogP contribution in [0.4, 0.5) is 4.79 Å². The molecule has 0 aromatic heterocycles. The van der Waals surface area contributed by atoms with E-state index in [1.807, 2.05) is 13.8 Å². The number of carbonyl (C=O) groups excluding carboxylic acids is 3. The van der Waals surface area contributed by atoms with Gasteiger partial charge in [-0.25, -0.2) is 18.7 Å². The molecule has 0 bridgehead atoms. The number of benzene rings is 1. The molecule has 1 saturated heterocycles. The third kappa shape index (κ3) is 9.93. The van der Waals surface area contributed by atoms with Crippen molar-refractivity contribution < 1.29 is 37.5 Å². The predicted molar refractivity (Wildman–Crippen MR) is 148 cm³/mol. The van der Waals surface area contributed by atoms with Gasteiger partial charge in [0.2, 0.25) is 15.9 Å². The van der Waals surface area contributed by atoms with Gasteiger partial charge in [0.25, 0.3) is 5.91 Å². The van der Waals surface area contributed by atoms with Crippen molar-refractivity contribution >= 4 is 27.9 Å². The van der Waals surface area contributed by atoms with Crippen LogP contribution in [0.2, 0.25) is 0 Å². The molecule has 1 aromatic rings. The summed E-state index contributed by atoms with van der Waals surface area (Å²) < 4.78 is 38.7. The topological polar surface area (TPSA) is 155 Å². The van der Waals surface area contributed by atoms with E-state index in [9.17, 15) is 28.0 Å². The molecule has 1 aliphatic heterocycles. The highest BCUT2D eigenvalue weighted by Gasteiger charge is 2.37. The number of rotatable bonds is 12. The number of nitrogens with zero attached hydrogens (tertiary/aromatic N) is 2. The molecular weight excluding hydrogens is 540 g/mol. The van der Waals surface area contributed by atoms with E-state index < -0.39 is 33.7 Å². The zero-order chi connectivity index (χ0) is 30.1. The monoisotopic (exact) mass is 584 g/mol. The number of sulfonamides is 1. The Morgan fingerprint density at radius 1 is 1.12 bits per heavy atom. The molecule has 12 nitrogen and oxygen atoms in total. The zero-order valence-electron chi connectivity index (χ0n) is 24.3. The van der Waals surface area contributed by atoms with Crippen LogP contribution in [0.25, 0.3) is 0 Å². The van der Waals surface area contributed by atoms with Crippen LogP contribution in [0.15, 0.2) is 29.2 Å². The molecule has 1 heterocycles. The molecule has 13 heteroatoms. The summed E-state index contributed by atoms with van der Waals surface area (Å²) in [5, 5.41) is 12.1. The third-order valence-corrected chi connectivity index (χ3v) is 8.49. The lowest BCUT2D eigenvalue weighted by molar-refractivity contribution is -0.136. The van der Waals surface area contributed by atoms with E-state index in [-0.39, 0.29) is 42.0 Å². The molecule has 40 heavy (non-hydrogen) atoms. The number of nitrogens with one attached hydrogen (secondary N) is 2. The second-order valence-electron chi connectivity index (χ2n) is 11.4. The zero-order valence-corrected chi connectivity index (χ0v) is 25.1. The number of amides is 3. The van der Waals surface area contributed by atoms with Crippen molar-refractivity contribution in [3.63, 3.8) is 0 Å². The van der Waals surface area contributed by atoms with E-state index in [0.29, 0.717) is 38.2 Å². The normalized spacial score (nSPS) is 15.6. The second-order valence-corrected chi connectivity index (χ2v) is 13.3. The minimum Gasteiger partial charge on any atom is -0.497 e. The molecular formula is C27H44N4O8S. The number of hydrogen-bond donors (Lipinski definition) is 3. The first-order chi connectivity index (χ1) is 18.7. The summed E-state index contributed by atoms with van der Waals surface area (Å²) in [6.45, 7) is 10.2. The molecule has 1 aromatic carbocycles. The predicted octanol–water partition coefficient (Wildman–Crippen LogP) is 2.76. The Morgan fingerprint density at radius 3 is 2.23 bits per heavy atom. The minimum atomic E-state index is -4.21. The standard InChI is InChI=1S/C27H44N4O8S/c1-19(2)17-23(25(33)29-35)31(40(36,37)22-9-7-21(38-6)8-10-22)16-13-24(32)30-14-11-20(12-15-30)18-28-26(34)39-27(3,4)5/h7-10,19-20,23,35H,11-18H2,1-6H3,(H,28,34)(H,29,33). The molecule has 2 rings (SSSR count). The van der Waals surface area contributed by atoms with Crippen molar-refractivity contribution in [1.29, 1.82) is 0 Å². The van der Waals surface area contributed by atoms with Crippen LogP contribution >= 0.6 is 0 Å². The van der Waals surface area contributed by atoms with Gasteiger partial charge in [-0.05, 0) is 76.1 Å². The van der Waals surface area contributed by atoms with Gasteiger partial charge >= 0.3 is 6.09 Å². The first-order valence-electron chi connectivity index (χ1n) is 13.5. The molecule has 226 valence electrons. The van der Waals surface area contributed by atoms with Gasteiger partial charge in [0.1, 0.15) is 17.4 Å². The summed E-state index contributed by atoms with van der Waals surface area (Å²) in [6.07, 6.45) is 0.888. The van der Waals surface area contributed by atoms with E-state index in [1.54, 1.807) is 31.2 Å². The SMILES string of the molecule is COc1ccc(S(=O)(=O)N(CCC(=O)N2CCC(CNC(=O)OC(C)(C)C)CC2)C(CC(C)C)C(=O)NO)cc1. The number of hydrogen-bond acceptors (Lipinski definition) is 8. The van der Waals surface area contributed by atoms with Crippen LogP contribution in [-0.4, -0.2) is 85.7 Å². The van der Waals surface area contributed by atoms with Crippen LogP contribution in [0.5, 0.6) is 5.75 Å². The fourth-order valence-electron chi connectivity index (χ4n) is 4.50.